The largest absolute Gasteiger partial charge is 0.444 e. The van der Waals surface area contributed by atoms with E-state index in [1.54, 1.807) is 25.3 Å². The third-order valence-corrected chi connectivity index (χ3v) is 9.19. The molecular formula is C32H34ClFN6O4. The van der Waals surface area contributed by atoms with Gasteiger partial charge in [0.05, 0.1) is 18.7 Å². The summed E-state index contributed by atoms with van der Waals surface area (Å²) in [5.41, 5.74) is 9.24. The van der Waals surface area contributed by atoms with E-state index in [9.17, 15) is 4.39 Å². The van der Waals surface area contributed by atoms with E-state index in [1.165, 1.54) is 6.07 Å². The Hall–Kier alpha value is -3.93. The molecule has 5 heterocycles. The van der Waals surface area contributed by atoms with Crippen LogP contribution in [0.5, 0.6) is 11.5 Å². The van der Waals surface area contributed by atoms with E-state index in [0.29, 0.717) is 40.1 Å². The number of aromatic nitrogens is 3. The molecule has 3 N–H and O–H groups in total. The molecule has 4 aromatic rings. The van der Waals surface area contributed by atoms with Crippen LogP contribution < -0.4 is 15.2 Å². The summed E-state index contributed by atoms with van der Waals surface area (Å²) in [5.74, 6) is 1.15. The molecule has 3 aliphatic heterocycles. The highest BCUT2D eigenvalue weighted by Crippen LogP contribution is 2.49. The number of halogens is 2. The first-order chi connectivity index (χ1) is 21.3. The summed E-state index contributed by atoms with van der Waals surface area (Å²) in [6.45, 7) is 6.43. The number of amidine groups is 1. The Kier molecular flexibility index (Phi) is 7.55. The first-order valence-electron chi connectivity index (χ1n) is 14.9. The van der Waals surface area contributed by atoms with Crippen LogP contribution in [-0.2, 0) is 23.6 Å². The zero-order valence-corrected chi connectivity index (χ0v) is 25.1. The molecule has 0 amide bonds. The first kappa shape index (κ1) is 28.8. The number of likely N-dealkylation sites (tertiary alicyclic amines) is 1. The highest BCUT2D eigenvalue weighted by molar-refractivity contribution is 6.30. The van der Waals surface area contributed by atoms with E-state index < -0.39 is 11.6 Å². The number of hydrogen-bond acceptors (Lipinski definition) is 8. The zero-order chi connectivity index (χ0) is 30.4. The maximum absolute atomic E-state index is 14.8. The number of nitrogens with zero attached hydrogens (tertiary/aromatic N) is 5. The highest BCUT2D eigenvalue weighted by Gasteiger charge is 2.43. The molecule has 0 aliphatic carbocycles. The summed E-state index contributed by atoms with van der Waals surface area (Å²) < 4.78 is 35.2. The fourth-order valence-corrected chi connectivity index (χ4v) is 6.75. The van der Waals surface area contributed by atoms with Crippen molar-refractivity contribution in [1.29, 1.82) is 0 Å². The second kappa shape index (κ2) is 11.5. The van der Waals surface area contributed by atoms with Crippen molar-refractivity contribution in [1.82, 2.24) is 19.4 Å². The number of para-hydroxylation sites is 1. The molecule has 3 aliphatic rings. The molecular weight excluding hydrogens is 587 g/mol. The molecule has 2 fully saturated rings. The predicted octanol–water partition coefficient (Wildman–Crippen LogP) is 5.38. The van der Waals surface area contributed by atoms with Gasteiger partial charge in [-0.25, -0.2) is 14.4 Å². The Morgan fingerprint density at radius 3 is 2.77 bits per heavy atom. The Balaban J connectivity index is 1.08. The Morgan fingerprint density at radius 2 is 2.02 bits per heavy atom. The third kappa shape index (κ3) is 5.33. The standard InChI is InChI=1S/C32H34ClFN6O4/c1-32(24-6-5-22(33)14-25(24)34)43-27-4-2-3-23(29(27)44-32)20-7-10-39(11-8-20)17-28-37-26-13-21(30(35)38-41)15-36-31(26)40(28)16-19-9-12-42-18-19/h2-6,13-15,19-20,41H,7-12,16-18H2,1H3,(H2,35,38). The van der Waals surface area contributed by atoms with Gasteiger partial charge in [-0.2, -0.15) is 0 Å². The van der Waals surface area contributed by atoms with Gasteiger partial charge < -0.3 is 29.7 Å². The fraction of sp³-hybridized carbons (Fsp3) is 0.406. The van der Waals surface area contributed by atoms with Crippen molar-refractivity contribution in [2.24, 2.45) is 16.8 Å². The van der Waals surface area contributed by atoms with Gasteiger partial charge in [-0.3, -0.25) is 4.90 Å². The number of piperidine rings is 1. The van der Waals surface area contributed by atoms with Gasteiger partial charge in [0.2, 0.25) is 0 Å². The Bertz CT molecular complexity index is 1730. The van der Waals surface area contributed by atoms with Crippen molar-refractivity contribution in [3.8, 4) is 11.5 Å². The molecule has 7 rings (SSSR count). The molecule has 44 heavy (non-hydrogen) atoms. The van der Waals surface area contributed by atoms with Gasteiger partial charge >= 0.3 is 0 Å². The highest BCUT2D eigenvalue weighted by atomic mass is 35.5. The quantitative estimate of drug-likeness (QED) is 0.122. The lowest BCUT2D eigenvalue weighted by atomic mass is 9.88. The molecule has 2 aromatic carbocycles. The van der Waals surface area contributed by atoms with Crippen LogP contribution in [0.15, 0.2) is 53.8 Å². The second-order valence-corrected chi connectivity index (χ2v) is 12.4. The monoisotopic (exact) mass is 620 g/mol. The number of ether oxygens (including phenoxy) is 3. The number of pyridine rings is 1. The third-order valence-electron chi connectivity index (χ3n) is 8.96. The molecule has 2 aromatic heterocycles. The number of benzene rings is 2. The van der Waals surface area contributed by atoms with Crippen molar-refractivity contribution in [2.45, 2.75) is 51.0 Å². The van der Waals surface area contributed by atoms with E-state index in [-0.39, 0.29) is 11.8 Å². The maximum atomic E-state index is 14.8. The minimum atomic E-state index is -1.28. The number of fused-ring (bicyclic) bond motifs is 2. The lowest BCUT2D eigenvalue weighted by molar-refractivity contribution is -0.0712. The molecule has 2 unspecified atom stereocenters. The number of hydrogen-bond donors (Lipinski definition) is 2. The van der Waals surface area contributed by atoms with Crippen molar-refractivity contribution >= 4 is 28.6 Å². The minimum absolute atomic E-state index is 0.00200. The van der Waals surface area contributed by atoms with Gasteiger partial charge in [0.25, 0.3) is 5.79 Å². The minimum Gasteiger partial charge on any atom is -0.444 e. The topological polar surface area (TPSA) is 120 Å². The Labute approximate surface area is 259 Å². The van der Waals surface area contributed by atoms with Crippen LogP contribution in [0, 0.1) is 11.7 Å². The molecule has 0 radical (unpaired) electrons. The van der Waals surface area contributed by atoms with E-state index in [1.807, 2.05) is 18.2 Å². The normalized spacial score (nSPS) is 22.7. The number of rotatable bonds is 7. The van der Waals surface area contributed by atoms with Crippen LogP contribution >= 0.6 is 11.6 Å². The van der Waals surface area contributed by atoms with Crippen LogP contribution in [0.25, 0.3) is 11.2 Å². The second-order valence-electron chi connectivity index (χ2n) is 11.9. The average Bonchev–Trinajstić information content (AvgIpc) is 3.74. The summed E-state index contributed by atoms with van der Waals surface area (Å²) in [6.07, 6.45) is 4.47. The van der Waals surface area contributed by atoms with Crippen LogP contribution in [-0.4, -0.2) is 56.8 Å². The number of imidazole rings is 1. The molecule has 12 heteroatoms. The van der Waals surface area contributed by atoms with Crippen molar-refractivity contribution in [3.63, 3.8) is 0 Å². The van der Waals surface area contributed by atoms with Crippen LogP contribution in [0.4, 0.5) is 4.39 Å². The molecule has 2 atom stereocenters. The van der Waals surface area contributed by atoms with E-state index in [4.69, 9.17) is 41.7 Å². The fourth-order valence-electron chi connectivity index (χ4n) is 6.59. The Morgan fingerprint density at radius 1 is 1.18 bits per heavy atom. The van der Waals surface area contributed by atoms with Gasteiger partial charge in [0, 0.05) is 48.3 Å². The SMILES string of the molecule is CC1(c2ccc(Cl)cc2F)Oc2cccc(C3CCN(Cc4nc5cc(C(N)=NO)cnc5n4CC4CCOC4)CC3)c2O1. The van der Waals surface area contributed by atoms with E-state index in [0.717, 1.165) is 74.7 Å². The lowest BCUT2D eigenvalue weighted by Gasteiger charge is -2.32. The molecule has 10 nitrogen and oxygen atoms in total. The predicted molar refractivity (Wildman–Crippen MR) is 163 cm³/mol. The molecule has 2 saturated heterocycles. The average molecular weight is 621 g/mol. The van der Waals surface area contributed by atoms with Crippen LogP contribution in [0.2, 0.25) is 5.02 Å². The van der Waals surface area contributed by atoms with Gasteiger partial charge in [-0.05, 0) is 68.6 Å². The van der Waals surface area contributed by atoms with E-state index in [2.05, 4.69) is 25.7 Å². The summed E-state index contributed by atoms with van der Waals surface area (Å²) in [7, 11) is 0. The summed E-state index contributed by atoms with van der Waals surface area (Å²) in [5, 5.41) is 12.6. The first-order valence-corrected chi connectivity index (χ1v) is 15.3. The molecule has 0 saturated carbocycles. The lowest BCUT2D eigenvalue weighted by Crippen LogP contribution is -2.34. The van der Waals surface area contributed by atoms with Crippen LogP contribution in [0.3, 0.4) is 0 Å². The summed E-state index contributed by atoms with van der Waals surface area (Å²) in [6, 6.07) is 12.3. The van der Waals surface area contributed by atoms with Crippen LogP contribution in [0.1, 0.15) is 54.6 Å². The van der Waals surface area contributed by atoms with Gasteiger partial charge in [-0.1, -0.05) is 28.9 Å². The maximum Gasteiger partial charge on any atom is 0.278 e. The molecule has 0 bridgehead atoms. The van der Waals surface area contributed by atoms with Crippen molar-refractivity contribution in [3.05, 3.63) is 82.0 Å². The van der Waals surface area contributed by atoms with Gasteiger partial charge in [0.15, 0.2) is 23.0 Å². The molecule has 0 spiro atoms. The molecule has 230 valence electrons. The zero-order valence-electron chi connectivity index (χ0n) is 24.4. The van der Waals surface area contributed by atoms with Gasteiger partial charge in [0.1, 0.15) is 17.2 Å². The number of oxime groups is 1. The van der Waals surface area contributed by atoms with Crippen molar-refractivity contribution < 1.29 is 23.8 Å². The van der Waals surface area contributed by atoms with E-state index >= 15 is 0 Å². The summed E-state index contributed by atoms with van der Waals surface area (Å²) >= 11 is 5.98. The number of nitrogens with two attached hydrogens (primary N) is 1. The smallest absolute Gasteiger partial charge is 0.278 e. The van der Waals surface area contributed by atoms with Crippen molar-refractivity contribution in [2.75, 3.05) is 26.3 Å². The van der Waals surface area contributed by atoms with Gasteiger partial charge in [-0.15, -0.1) is 0 Å². The summed E-state index contributed by atoms with van der Waals surface area (Å²) in [4.78, 5) is 12.0.